The van der Waals surface area contributed by atoms with Gasteiger partial charge in [-0.05, 0) is 17.7 Å². The smallest absolute Gasteiger partial charge is 0.396 e. The average Bonchev–Trinajstić information content (AvgIpc) is 2.51. The van der Waals surface area contributed by atoms with Crippen molar-refractivity contribution in [2.45, 2.75) is 5.75 Å². The van der Waals surface area contributed by atoms with Crippen LogP contribution in [-0.4, -0.2) is 32.4 Å². The van der Waals surface area contributed by atoms with Gasteiger partial charge in [-0.25, -0.2) is 0 Å². The minimum Gasteiger partial charge on any atom is -0.396 e. The zero-order valence-electron chi connectivity index (χ0n) is 12.9. The summed E-state index contributed by atoms with van der Waals surface area (Å²) < 4.78 is 52.2. The van der Waals surface area contributed by atoms with Gasteiger partial charge in [-0.1, -0.05) is 45.3 Å². The SMILES string of the molecule is C[N+](c1cccc(CS(=O)(=O)O)c1)=S(=O)=O.Nc1c(Cl)cccc1Cl. The number of anilines is 1. The minimum atomic E-state index is -4.11. The third-order valence-electron chi connectivity index (χ3n) is 2.85. The van der Waals surface area contributed by atoms with Crippen LogP contribution in [0.4, 0.5) is 11.4 Å². The van der Waals surface area contributed by atoms with E-state index in [4.69, 9.17) is 33.5 Å². The molecule has 0 saturated heterocycles. The monoisotopic (exact) mass is 425 g/mol. The van der Waals surface area contributed by atoms with Crippen molar-refractivity contribution in [2.75, 3.05) is 12.8 Å². The van der Waals surface area contributed by atoms with Crippen molar-refractivity contribution in [1.29, 1.82) is 0 Å². The second-order valence-corrected chi connectivity index (χ2v) is 7.99. The lowest BCUT2D eigenvalue weighted by Crippen LogP contribution is -2.02. The van der Waals surface area contributed by atoms with Gasteiger partial charge in [0.15, 0.2) is 7.05 Å². The van der Waals surface area contributed by atoms with E-state index in [1.54, 1.807) is 18.2 Å². The van der Waals surface area contributed by atoms with Crippen LogP contribution in [0.3, 0.4) is 0 Å². The van der Waals surface area contributed by atoms with Gasteiger partial charge in [0, 0.05) is 12.1 Å². The minimum absolute atomic E-state index is 0.317. The number of nitrogen functional groups attached to an aromatic ring is 1. The Morgan fingerprint density at radius 2 is 1.64 bits per heavy atom. The number of para-hydroxylation sites is 1. The highest BCUT2D eigenvalue weighted by atomic mass is 35.5. The predicted molar refractivity (Wildman–Crippen MR) is 97.3 cm³/mol. The molecule has 0 aliphatic rings. The highest BCUT2D eigenvalue weighted by molar-refractivity contribution is 7.85. The molecule has 0 aliphatic carbocycles. The molecule has 0 atom stereocenters. The Morgan fingerprint density at radius 1 is 1.12 bits per heavy atom. The molecule has 2 rings (SSSR count). The van der Waals surface area contributed by atoms with Crippen LogP contribution >= 0.6 is 23.2 Å². The molecule has 25 heavy (non-hydrogen) atoms. The van der Waals surface area contributed by atoms with Crippen LogP contribution in [0.5, 0.6) is 0 Å². The maximum Gasteiger partial charge on any atom is 0.464 e. The first-order valence-electron chi connectivity index (χ1n) is 6.58. The molecule has 0 unspecified atom stereocenters. The first-order valence-corrected chi connectivity index (χ1v) is 9.97. The molecule has 0 aliphatic heterocycles. The van der Waals surface area contributed by atoms with E-state index < -0.39 is 26.4 Å². The number of benzene rings is 2. The highest BCUT2D eigenvalue weighted by Crippen LogP contribution is 2.25. The third kappa shape index (κ3) is 7.41. The van der Waals surface area contributed by atoms with E-state index >= 15 is 0 Å². The van der Waals surface area contributed by atoms with Crippen LogP contribution in [0.2, 0.25) is 10.0 Å². The van der Waals surface area contributed by atoms with Crippen LogP contribution in [0.25, 0.3) is 0 Å². The quantitative estimate of drug-likeness (QED) is 0.443. The van der Waals surface area contributed by atoms with Crippen molar-refractivity contribution in [3.8, 4) is 0 Å². The zero-order chi connectivity index (χ0) is 19.2. The van der Waals surface area contributed by atoms with Crippen molar-refractivity contribution < 1.29 is 25.3 Å². The molecule has 2 aromatic rings. The standard InChI is InChI=1S/C8H9NO5S2.C6H5Cl2N/c1-9(15(10)11)8-4-2-3-7(5-8)6-16(12,13)14;7-4-2-1-3-5(8)6(4)9/h2-5H,6H2,1H3;1-3H,9H2/p+1. The lowest BCUT2D eigenvalue weighted by atomic mass is 10.2. The molecule has 2 aromatic carbocycles. The van der Waals surface area contributed by atoms with Crippen LogP contribution in [0.1, 0.15) is 5.56 Å². The van der Waals surface area contributed by atoms with Crippen molar-refractivity contribution >= 4 is 55.2 Å². The van der Waals surface area contributed by atoms with Gasteiger partial charge in [0.1, 0.15) is 5.75 Å². The second-order valence-electron chi connectivity index (χ2n) is 4.75. The van der Waals surface area contributed by atoms with Crippen molar-refractivity contribution in [2.24, 2.45) is 0 Å². The fourth-order valence-corrected chi connectivity index (χ4v) is 2.93. The second kappa shape index (κ2) is 9.16. The van der Waals surface area contributed by atoms with Gasteiger partial charge < -0.3 is 5.73 Å². The number of hydrogen-bond donors (Lipinski definition) is 2. The molecule has 0 amide bonds. The largest absolute Gasteiger partial charge is 0.464 e. The Hall–Kier alpha value is -1.65. The van der Waals surface area contributed by atoms with E-state index in [0.717, 1.165) is 3.95 Å². The van der Waals surface area contributed by atoms with Crippen molar-refractivity contribution in [3.63, 3.8) is 0 Å². The van der Waals surface area contributed by atoms with Crippen LogP contribution in [0.15, 0.2) is 42.5 Å². The summed E-state index contributed by atoms with van der Waals surface area (Å²) in [6.07, 6.45) is 0. The van der Waals surface area contributed by atoms with E-state index in [1.807, 2.05) is 0 Å². The van der Waals surface area contributed by atoms with E-state index in [2.05, 4.69) is 0 Å². The Bertz CT molecular complexity index is 977. The van der Waals surface area contributed by atoms with E-state index in [0.29, 0.717) is 27.0 Å². The van der Waals surface area contributed by atoms with Crippen LogP contribution in [-0.2, 0) is 26.4 Å². The maximum atomic E-state index is 10.7. The number of nitrogens with two attached hydrogens (primary N) is 1. The Morgan fingerprint density at radius 3 is 2.08 bits per heavy atom. The van der Waals surface area contributed by atoms with E-state index in [1.165, 1.54) is 31.3 Å². The molecule has 3 N–H and O–H groups in total. The Balaban J connectivity index is 0.000000293. The lowest BCUT2D eigenvalue weighted by Gasteiger charge is -1.98. The summed E-state index contributed by atoms with van der Waals surface area (Å²) in [4.78, 5) is 0. The van der Waals surface area contributed by atoms with Gasteiger partial charge in [-0.2, -0.15) is 8.42 Å². The summed E-state index contributed by atoms with van der Waals surface area (Å²) in [6.45, 7) is 0. The molecular weight excluding hydrogens is 411 g/mol. The molecule has 136 valence electrons. The van der Waals surface area contributed by atoms with Gasteiger partial charge in [0.2, 0.25) is 5.69 Å². The predicted octanol–water partition coefficient (Wildman–Crippen LogP) is 2.99. The van der Waals surface area contributed by atoms with Gasteiger partial charge in [-0.15, -0.1) is 8.42 Å². The van der Waals surface area contributed by atoms with Crippen LogP contribution < -0.4 is 5.73 Å². The molecule has 7 nitrogen and oxygen atoms in total. The molecule has 0 heterocycles. The lowest BCUT2D eigenvalue weighted by molar-refractivity contribution is -0.377. The molecule has 0 bridgehead atoms. The zero-order valence-corrected chi connectivity index (χ0v) is 16.1. The molecule has 0 saturated carbocycles. The van der Waals surface area contributed by atoms with Gasteiger partial charge in [0.25, 0.3) is 10.1 Å². The third-order valence-corrected chi connectivity index (χ3v) is 4.86. The fourth-order valence-electron chi connectivity index (χ4n) is 1.65. The first-order chi connectivity index (χ1) is 11.5. The summed E-state index contributed by atoms with van der Waals surface area (Å²) in [7, 11) is -5.20. The first kappa shape index (κ1) is 21.4. The van der Waals surface area contributed by atoms with Gasteiger partial charge in [-0.3, -0.25) is 4.55 Å². The molecule has 0 aromatic heterocycles. The van der Waals surface area contributed by atoms with Crippen molar-refractivity contribution in [1.82, 2.24) is 0 Å². The molecular formula is C14H15Cl2N2O5S2+. The summed E-state index contributed by atoms with van der Waals surface area (Å²) in [5, 5.41) is 1.00. The number of halogens is 2. The Kier molecular flexibility index (Phi) is 7.84. The number of rotatable bonds is 3. The summed E-state index contributed by atoms with van der Waals surface area (Å²) >= 11 is 11.2. The van der Waals surface area contributed by atoms with Gasteiger partial charge >= 0.3 is 10.5 Å². The molecule has 0 radical (unpaired) electrons. The van der Waals surface area contributed by atoms with Crippen LogP contribution in [0, 0.1) is 0 Å². The van der Waals surface area contributed by atoms with E-state index in [9.17, 15) is 16.8 Å². The molecule has 0 spiro atoms. The molecule has 0 fully saturated rings. The molecule has 11 heteroatoms. The fraction of sp³-hybridized carbons (Fsp3) is 0.143. The average molecular weight is 426 g/mol. The number of nitrogens with zero attached hydrogens (tertiary/aromatic N) is 1. The summed E-state index contributed by atoms with van der Waals surface area (Å²) in [5.41, 5.74) is 6.51. The van der Waals surface area contributed by atoms with Gasteiger partial charge in [0.05, 0.1) is 15.7 Å². The summed E-state index contributed by atoms with van der Waals surface area (Å²) in [6, 6.07) is 11.0. The highest BCUT2D eigenvalue weighted by Gasteiger charge is 2.11. The maximum absolute atomic E-state index is 10.7. The topological polar surface area (TPSA) is 118 Å². The Labute approximate surface area is 157 Å². The normalized spacial score (nSPS) is 10.6. The van der Waals surface area contributed by atoms with Crippen molar-refractivity contribution in [3.05, 3.63) is 58.1 Å². The summed E-state index contributed by atoms with van der Waals surface area (Å²) in [5.74, 6) is -0.541. The van der Waals surface area contributed by atoms with E-state index in [-0.39, 0.29) is 0 Å². The number of hydrogen-bond acceptors (Lipinski definition) is 5.